The Bertz CT molecular complexity index is 451. The van der Waals surface area contributed by atoms with Gasteiger partial charge in [0.1, 0.15) is 0 Å². The number of hydrogen-bond donors (Lipinski definition) is 1. The number of nitrogens with two attached hydrogens (primary N) is 1. The number of hydrogen-bond acceptors (Lipinski definition) is 3. The Morgan fingerprint density at radius 1 is 1.32 bits per heavy atom. The summed E-state index contributed by atoms with van der Waals surface area (Å²) in [6.45, 7) is 1.87. The predicted octanol–water partition coefficient (Wildman–Crippen LogP) is 2.77. The standard InChI is InChI=1S/C15H23N3O/c1-11-9-14(16)13(10-17-11)15(19)18(2)12-7-5-3-4-6-8-12/h9-10,12H,3-8H2,1-2H3,(H2,16,17). The first-order valence-corrected chi connectivity index (χ1v) is 7.09. The van der Waals surface area contributed by atoms with Crippen molar-refractivity contribution < 1.29 is 4.79 Å². The molecule has 1 aromatic rings. The molecule has 0 radical (unpaired) electrons. The van der Waals surface area contributed by atoms with E-state index in [1.807, 2.05) is 18.9 Å². The lowest BCUT2D eigenvalue weighted by molar-refractivity contribution is 0.0718. The van der Waals surface area contributed by atoms with Crippen molar-refractivity contribution in [3.05, 3.63) is 23.5 Å². The molecule has 0 atom stereocenters. The summed E-state index contributed by atoms with van der Waals surface area (Å²) in [6, 6.07) is 2.10. The second-order valence-corrected chi connectivity index (χ2v) is 5.47. The van der Waals surface area contributed by atoms with E-state index in [1.165, 1.54) is 25.7 Å². The summed E-state index contributed by atoms with van der Waals surface area (Å²) in [4.78, 5) is 18.5. The number of nitrogen functional groups attached to an aromatic ring is 1. The van der Waals surface area contributed by atoms with Crippen LogP contribution in [0, 0.1) is 6.92 Å². The summed E-state index contributed by atoms with van der Waals surface area (Å²) < 4.78 is 0. The Labute approximate surface area is 115 Å². The lowest BCUT2D eigenvalue weighted by Gasteiger charge is -2.27. The first-order valence-electron chi connectivity index (χ1n) is 7.09. The fourth-order valence-electron chi connectivity index (χ4n) is 2.76. The maximum atomic E-state index is 12.5. The second kappa shape index (κ2) is 6.04. The summed E-state index contributed by atoms with van der Waals surface area (Å²) in [5.41, 5.74) is 7.82. The van der Waals surface area contributed by atoms with Crippen molar-refractivity contribution in [1.82, 2.24) is 9.88 Å². The number of aryl methyl sites for hydroxylation is 1. The molecule has 4 heteroatoms. The van der Waals surface area contributed by atoms with Crippen LogP contribution in [-0.2, 0) is 0 Å². The summed E-state index contributed by atoms with van der Waals surface area (Å²) >= 11 is 0. The van der Waals surface area contributed by atoms with E-state index in [9.17, 15) is 4.79 Å². The number of carbonyl (C=O) groups excluding carboxylic acids is 1. The predicted molar refractivity (Wildman–Crippen MR) is 77.0 cm³/mol. The molecule has 2 rings (SSSR count). The van der Waals surface area contributed by atoms with Gasteiger partial charge in [0.2, 0.25) is 0 Å². The molecule has 1 fully saturated rings. The molecule has 2 N–H and O–H groups in total. The minimum atomic E-state index is -0.00287. The molecule has 0 spiro atoms. The van der Waals surface area contributed by atoms with Crippen LogP contribution in [0.3, 0.4) is 0 Å². The maximum absolute atomic E-state index is 12.5. The number of pyridine rings is 1. The van der Waals surface area contributed by atoms with Crippen LogP contribution in [0.5, 0.6) is 0 Å². The number of anilines is 1. The Hall–Kier alpha value is -1.58. The highest BCUT2D eigenvalue weighted by atomic mass is 16.2. The van der Waals surface area contributed by atoms with Gasteiger partial charge in [0, 0.05) is 30.7 Å². The maximum Gasteiger partial charge on any atom is 0.257 e. The Balaban J connectivity index is 2.13. The average Bonchev–Trinajstić information content (AvgIpc) is 2.66. The van der Waals surface area contributed by atoms with Gasteiger partial charge in [-0.2, -0.15) is 0 Å². The largest absolute Gasteiger partial charge is 0.398 e. The monoisotopic (exact) mass is 261 g/mol. The molecule has 104 valence electrons. The molecule has 0 bridgehead atoms. The summed E-state index contributed by atoms with van der Waals surface area (Å²) in [5, 5.41) is 0. The van der Waals surface area contributed by atoms with Gasteiger partial charge in [0.05, 0.1) is 5.56 Å². The highest BCUT2D eigenvalue weighted by Gasteiger charge is 2.23. The van der Waals surface area contributed by atoms with Crippen LogP contribution in [-0.4, -0.2) is 28.9 Å². The molecule has 4 nitrogen and oxygen atoms in total. The quantitative estimate of drug-likeness (QED) is 0.833. The van der Waals surface area contributed by atoms with Gasteiger partial charge in [0.25, 0.3) is 5.91 Å². The SMILES string of the molecule is Cc1cc(N)c(C(=O)N(C)C2CCCCCC2)cn1. The third kappa shape index (κ3) is 3.25. The summed E-state index contributed by atoms with van der Waals surface area (Å²) in [5.74, 6) is -0.00287. The highest BCUT2D eigenvalue weighted by molar-refractivity contribution is 5.98. The van der Waals surface area contributed by atoms with E-state index in [0.29, 0.717) is 17.3 Å². The number of rotatable bonds is 2. The van der Waals surface area contributed by atoms with Crippen molar-refractivity contribution >= 4 is 11.6 Å². The van der Waals surface area contributed by atoms with Crippen LogP contribution in [0.15, 0.2) is 12.3 Å². The molecular formula is C15H23N3O. The topological polar surface area (TPSA) is 59.2 Å². The fraction of sp³-hybridized carbons (Fsp3) is 0.600. The minimum Gasteiger partial charge on any atom is -0.398 e. The molecular weight excluding hydrogens is 238 g/mol. The molecule has 0 unspecified atom stereocenters. The third-order valence-corrected chi connectivity index (χ3v) is 4.00. The Morgan fingerprint density at radius 3 is 2.53 bits per heavy atom. The summed E-state index contributed by atoms with van der Waals surface area (Å²) in [6.07, 6.45) is 8.79. The van der Waals surface area contributed by atoms with Crippen molar-refractivity contribution in [3.8, 4) is 0 Å². The molecule has 1 aliphatic carbocycles. The van der Waals surface area contributed by atoms with E-state index >= 15 is 0 Å². The van der Waals surface area contributed by atoms with Gasteiger partial charge < -0.3 is 10.6 Å². The van der Waals surface area contributed by atoms with Crippen molar-refractivity contribution in [2.24, 2.45) is 0 Å². The number of nitrogens with zero attached hydrogens (tertiary/aromatic N) is 2. The van der Waals surface area contributed by atoms with Crippen LogP contribution >= 0.6 is 0 Å². The first-order chi connectivity index (χ1) is 9.09. The van der Waals surface area contributed by atoms with Crippen LogP contribution in [0.25, 0.3) is 0 Å². The van der Waals surface area contributed by atoms with Crippen LogP contribution in [0.1, 0.15) is 54.6 Å². The van der Waals surface area contributed by atoms with Crippen LogP contribution < -0.4 is 5.73 Å². The molecule has 1 amide bonds. The first kappa shape index (κ1) is 13.8. The molecule has 1 heterocycles. The van der Waals surface area contributed by atoms with E-state index in [4.69, 9.17) is 5.73 Å². The van der Waals surface area contributed by atoms with E-state index in [-0.39, 0.29) is 5.91 Å². The van der Waals surface area contributed by atoms with Gasteiger partial charge in [-0.1, -0.05) is 25.7 Å². The van der Waals surface area contributed by atoms with Gasteiger partial charge in [-0.15, -0.1) is 0 Å². The van der Waals surface area contributed by atoms with E-state index < -0.39 is 0 Å². The summed E-state index contributed by atoms with van der Waals surface area (Å²) in [7, 11) is 1.89. The zero-order valence-electron chi connectivity index (χ0n) is 11.9. The molecule has 0 aliphatic heterocycles. The zero-order valence-corrected chi connectivity index (χ0v) is 11.9. The minimum absolute atomic E-state index is 0.00287. The Kier molecular flexibility index (Phi) is 4.40. The lowest BCUT2D eigenvalue weighted by atomic mass is 10.1. The van der Waals surface area contributed by atoms with Crippen LogP contribution in [0.4, 0.5) is 5.69 Å². The number of aromatic nitrogens is 1. The van der Waals surface area contributed by atoms with E-state index in [2.05, 4.69) is 4.98 Å². The van der Waals surface area contributed by atoms with Crippen molar-refractivity contribution in [1.29, 1.82) is 0 Å². The Morgan fingerprint density at radius 2 is 1.95 bits per heavy atom. The third-order valence-electron chi connectivity index (χ3n) is 4.00. The van der Waals surface area contributed by atoms with Crippen LogP contribution in [0.2, 0.25) is 0 Å². The molecule has 1 aromatic heterocycles. The fourth-order valence-corrected chi connectivity index (χ4v) is 2.76. The molecule has 1 aliphatic rings. The normalized spacial score (nSPS) is 16.9. The van der Waals surface area contributed by atoms with Gasteiger partial charge >= 0.3 is 0 Å². The van der Waals surface area contributed by atoms with E-state index in [1.54, 1.807) is 12.3 Å². The molecule has 1 saturated carbocycles. The highest BCUT2D eigenvalue weighted by Crippen LogP contribution is 2.23. The smallest absolute Gasteiger partial charge is 0.257 e. The van der Waals surface area contributed by atoms with Gasteiger partial charge in [-0.25, -0.2) is 0 Å². The number of carbonyl (C=O) groups is 1. The van der Waals surface area contributed by atoms with Crippen molar-refractivity contribution in [2.75, 3.05) is 12.8 Å². The van der Waals surface area contributed by atoms with Gasteiger partial charge in [0.15, 0.2) is 0 Å². The molecule has 19 heavy (non-hydrogen) atoms. The zero-order chi connectivity index (χ0) is 13.8. The van der Waals surface area contributed by atoms with E-state index in [0.717, 1.165) is 18.5 Å². The molecule has 0 saturated heterocycles. The lowest BCUT2D eigenvalue weighted by Crippen LogP contribution is -2.37. The van der Waals surface area contributed by atoms with Gasteiger partial charge in [-0.3, -0.25) is 9.78 Å². The number of amides is 1. The van der Waals surface area contributed by atoms with Gasteiger partial charge in [-0.05, 0) is 25.8 Å². The second-order valence-electron chi connectivity index (χ2n) is 5.47. The molecule has 0 aromatic carbocycles. The average molecular weight is 261 g/mol. The van der Waals surface area contributed by atoms with Crippen molar-refractivity contribution in [2.45, 2.75) is 51.5 Å². The van der Waals surface area contributed by atoms with Crippen molar-refractivity contribution in [3.63, 3.8) is 0 Å².